The Morgan fingerprint density at radius 3 is 2.76 bits per heavy atom. The maximum Gasteiger partial charge on any atom is 0.137 e. The number of hydrogen-bond acceptors (Lipinski definition) is 3. The molecule has 96 valence electrons. The molecule has 4 heteroatoms. The van der Waals surface area contributed by atoms with Crippen LogP contribution in [0.5, 0.6) is 5.75 Å². The highest BCUT2D eigenvalue weighted by Crippen LogP contribution is 2.26. The van der Waals surface area contributed by atoms with Gasteiger partial charge in [0.25, 0.3) is 0 Å². The number of ether oxygens (including phenoxy) is 2. The summed E-state index contributed by atoms with van der Waals surface area (Å²) in [6.45, 7) is 4.48. The zero-order valence-electron chi connectivity index (χ0n) is 10.5. The van der Waals surface area contributed by atoms with E-state index in [4.69, 9.17) is 21.1 Å². The molecule has 0 fully saturated rings. The fourth-order valence-electron chi connectivity index (χ4n) is 1.39. The molecule has 0 aliphatic rings. The number of benzene rings is 1. The quantitative estimate of drug-likeness (QED) is 0.722. The van der Waals surface area contributed by atoms with E-state index in [1.807, 2.05) is 18.2 Å². The van der Waals surface area contributed by atoms with Crippen molar-refractivity contribution in [2.75, 3.05) is 32.2 Å². The molecule has 0 amide bonds. The van der Waals surface area contributed by atoms with E-state index in [2.05, 4.69) is 12.2 Å². The number of methoxy groups -OCH3 is 1. The van der Waals surface area contributed by atoms with E-state index >= 15 is 0 Å². The Morgan fingerprint density at radius 2 is 2.12 bits per heavy atom. The summed E-state index contributed by atoms with van der Waals surface area (Å²) in [5.41, 5.74) is 0.981. The third kappa shape index (κ3) is 5.29. The van der Waals surface area contributed by atoms with Crippen LogP contribution >= 0.6 is 11.6 Å². The minimum Gasteiger partial charge on any atom is -0.495 e. The van der Waals surface area contributed by atoms with Gasteiger partial charge in [0.1, 0.15) is 5.75 Å². The minimum absolute atomic E-state index is 0.615. The topological polar surface area (TPSA) is 30.5 Å². The molecule has 3 nitrogen and oxygen atoms in total. The van der Waals surface area contributed by atoms with Crippen molar-refractivity contribution in [1.29, 1.82) is 0 Å². The molecule has 1 rings (SSSR count). The molecule has 0 saturated carbocycles. The number of halogens is 1. The van der Waals surface area contributed by atoms with Crippen LogP contribution in [0, 0.1) is 0 Å². The fraction of sp³-hybridized carbons (Fsp3) is 0.538. The van der Waals surface area contributed by atoms with Crippen LogP contribution in [-0.4, -0.2) is 26.9 Å². The number of rotatable bonds is 8. The van der Waals surface area contributed by atoms with E-state index in [0.717, 1.165) is 25.3 Å². The van der Waals surface area contributed by atoms with Crippen molar-refractivity contribution in [2.24, 2.45) is 0 Å². The lowest BCUT2D eigenvalue weighted by Crippen LogP contribution is -2.09. The van der Waals surface area contributed by atoms with Crippen LogP contribution in [0.25, 0.3) is 0 Å². The van der Waals surface area contributed by atoms with Gasteiger partial charge in [-0.1, -0.05) is 24.9 Å². The van der Waals surface area contributed by atoms with E-state index in [9.17, 15) is 0 Å². The Bertz CT molecular complexity index is 331. The first-order valence-corrected chi connectivity index (χ1v) is 6.31. The second kappa shape index (κ2) is 8.20. The molecule has 0 radical (unpaired) electrons. The molecule has 0 spiro atoms. The van der Waals surface area contributed by atoms with Crippen LogP contribution in [0.1, 0.15) is 19.8 Å². The molecule has 17 heavy (non-hydrogen) atoms. The molecule has 0 aromatic heterocycles. The maximum absolute atomic E-state index is 6.01. The van der Waals surface area contributed by atoms with Crippen molar-refractivity contribution in [3.05, 3.63) is 23.2 Å². The monoisotopic (exact) mass is 257 g/mol. The van der Waals surface area contributed by atoms with Crippen molar-refractivity contribution in [1.82, 2.24) is 0 Å². The molecule has 0 bridgehead atoms. The highest BCUT2D eigenvalue weighted by Gasteiger charge is 2.00. The second-order valence-corrected chi connectivity index (χ2v) is 4.15. The van der Waals surface area contributed by atoms with Gasteiger partial charge in [-0.2, -0.15) is 0 Å². The highest BCUT2D eigenvalue weighted by atomic mass is 35.5. The molecule has 1 N–H and O–H groups in total. The van der Waals surface area contributed by atoms with E-state index in [1.165, 1.54) is 6.42 Å². The van der Waals surface area contributed by atoms with Gasteiger partial charge < -0.3 is 14.8 Å². The minimum atomic E-state index is 0.615. The molecular formula is C13H20ClNO2. The van der Waals surface area contributed by atoms with Crippen molar-refractivity contribution < 1.29 is 9.47 Å². The first-order valence-electron chi connectivity index (χ1n) is 5.93. The van der Waals surface area contributed by atoms with Gasteiger partial charge in [0, 0.05) is 18.8 Å². The highest BCUT2D eigenvalue weighted by molar-refractivity contribution is 6.32. The van der Waals surface area contributed by atoms with Crippen LogP contribution < -0.4 is 10.1 Å². The summed E-state index contributed by atoms with van der Waals surface area (Å²) < 4.78 is 10.5. The van der Waals surface area contributed by atoms with E-state index < -0.39 is 0 Å². The predicted octanol–water partition coefficient (Wildman–Crippen LogP) is 3.58. The Balaban J connectivity index is 2.25. The van der Waals surface area contributed by atoms with Crippen LogP contribution in [0.2, 0.25) is 5.02 Å². The lowest BCUT2D eigenvalue weighted by atomic mass is 10.3. The van der Waals surface area contributed by atoms with Gasteiger partial charge in [0.05, 0.1) is 18.7 Å². The van der Waals surface area contributed by atoms with Gasteiger partial charge >= 0.3 is 0 Å². The molecule has 0 heterocycles. The molecule has 1 aromatic carbocycles. The zero-order chi connectivity index (χ0) is 12.5. The van der Waals surface area contributed by atoms with Gasteiger partial charge in [-0.25, -0.2) is 0 Å². The lowest BCUT2D eigenvalue weighted by molar-refractivity contribution is 0.141. The smallest absolute Gasteiger partial charge is 0.137 e. The first-order chi connectivity index (χ1) is 8.27. The number of anilines is 1. The number of nitrogens with one attached hydrogen (secondary N) is 1. The molecule has 0 atom stereocenters. The zero-order valence-corrected chi connectivity index (χ0v) is 11.2. The van der Waals surface area contributed by atoms with Crippen LogP contribution in [0.3, 0.4) is 0 Å². The molecule has 0 aliphatic heterocycles. The maximum atomic E-state index is 6.01. The average molecular weight is 258 g/mol. The van der Waals surface area contributed by atoms with Crippen molar-refractivity contribution >= 4 is 17.3 Å². The summed E-state index contributed by atoms with van der Waals surface area (Å²) in [5.74, 6) is 0.691. The van der Waals surface area contributed by atoms with E-state index in [-0.39, 0.29) is 0 Å². The van der Waals surface area contributed by atoms with Gasteiger partial charge in [0.15, 0.2) is 0 Å². The third-order valence-electron chi connectivity index (χ3n) is 2.37. The van der Waals surface area contributed by atoms with Gasteiger partial charge in [-0.3, -0.25) is 0 Å². The third-order valence-corrected chi connectivity index (χ3v) is 2.66. The standard InChI is InChI=1S/C13H20ClNO2/c1-3-4-8-17-9-7-15-11-5-6-13(16-2)12(14)10-11/h5-6,10,15H,3-4,7-9H2,1-2H3. The van der Waals surface area contributed by atoms with E-state index in [0.29, 0.717) is 17.4 Å². The second-order valence-electron chi connectivity index (χ2n) is 3.74. The van der Waals surface area contributed by atoms with Crippen molar-refractivity contribution in [2.45, 2.75) is 19.8 Å². The van der Waals surface area contributed by atoms with Gasteiger partial charge in [0.2, 0.25) is 0 Å². The molecule has 1 aromatic rings. The summed E-state index contributed by atoms with van der Waals surface area (Å²) in [5, 5.41) is 3.86. The fourth-order valence-corrected chi connectivity index (χ4v) is 1.65. The Labute approximate surface area is 108 Å². The SMILES string of the molecule is CCCCOCCNc1ccc(OC)c(Cl)c1. The van der Waals surface area contributed by atoms with Crippen molar-refractivity contribution in [3.8, 4) is 5.75 Å². The largest absolute Gasteiger partial charge is 0.495 e. The van der Waals surface area contributed by atoms with Crippen LogP contribution in [0.4, 0.5) is 5.69 Å². The normalized spacial score (nSPS) is 10.3. The molecular weight excluding hydrogens is 238 g/mol. The molecule has 0 saturated heterocycles. The lowest BCUT2D eigenvalue weighted by Gasteiger charge is -2.09. The predicted molar refractivity (Wildman–Crippen MR) is 72.2 cm³/mol. The summed E-state index contributed by atoms with van der Waals surface area (Å²) in [6, 6.07) is 5.64. The van der Waals surface area contributed by atoms with Gasteiger partial charge in [-0.15, -0.1) is 0 Å². The number of hydrogen-bond donors (Lipinski definition) is 1. The summed E-state index contributed by atoms with van der Waals surface area (Å²) >= 11 is 6.01. The van der Waals surface area contributed by atoms with Crippen LogP contribution in [-0.2, 0) is 4.74 Å². The summed E-state index contributed by atoms with van der Waals surface area (Å²) in [7, 11) is 1.61. The van der Waals surface area contributed by atoms with Crippen LogP contribution in [0.15, 0.2) is 18.2 Å². The molecule has 0 aliphatic carbocycles. The van der Waals surface area contributed by atoms with E-state index in [1.54, 1.807) is 7.11 Å². The summed E-state index contributed by atoms with van der Waals surface area (Å²) in [4.78, 5) is 0. The number of unbranched alkanes of at least 4 members (excludes halogenated alkanes) is 1. The summed E-state index contributed by atoms with van der Waals surface area (Å²) in [6.07, 6.45) is 2.29. The Morgan fingerprint density at radius 1 is 1.29 bits per heavy atom. The van der Waals surface area contributed by atoms with Crippen molar-refractivity contribution in [3.63, 3.8) is 0 Å². The first kappa shape index (κ1) is 14.1. The Kier molecular flexibility index (Phi) is 6.82. The molecule has 0 unspecified atom stereocenters. The Hall–Kier alpha value is -0.930. The van der Waals surface area contributed by atoms with Gasteiger partial charge in [-0.05, 0) is 24.6 Å². The average Bonchev–Trinajstić information content (AvgIpc) is 2.34.